The Balaban J connectivity index is 1.76. The van der Waals surface area contributed by atoms with Gasteiger partial charge in [0.2, 0.25) is 0 Å². The number of piperidine rings is 1. The maximum absolute atomic E-state index is 5.85. The fraction of sp³-hybridized carbons (Fsp3) is 0.786. The Morgan fingerprint density at radius 1 is 1.44 bits per heavy atom. The molecule has 3 atom stereocenters. The molecule has 100 valence electrons. The van der Waals surface area contributed by atoms with Crippen molar-refractivity contribution >= 4 is 22.9 Å². The van der Waals surface area contributed by atoms with Crippen LogP contribution in [0.3, 0.4) is 0 Å². The second-order valence-corrected chi connectivity index (χ2v) is 6.78. The van der Waals surface area contributed by atoms with E-state index in [1.165, 1.54) is 43.7 Å². The topological polar surface area (TPSA) is 16.1 Å². The van der Waals surface area contributed by atoms with E-state index >= 15 is 0 Å². The van der Waals surface area contributed by atoms with E-state index in [1.807, 2.05) is 0 Å². The van der Waals surface area contributed by atoms with Crippen molar-refractivity contribution in [3.05, 3.63) is 16.1 Å². The average molecular weight is 285 g/mol. The van der Waals surface area contributed by atoms with Crippen LogP contribution in [-0.4, -0.2) is 22.5 Å². The summed E-state index contributed by atoms with van der Waals surface area (Å²) in [6.45, 7) is 3.57. The van der Waals surface area contributed by atoms with Crippen LogP contribution in [0.15, 0.2) is 5.38 Å². The smallest absolute Gasteiger partial charge is 0.110 e. The lowest BCUT2D eigenvalue weighted by atomic mass is 9.91. The molecule has 0 aromatic carbocycles. The average Bonchev–Trinajstić information content (AvgIpc) is 3.05. The summed E-state index contributed by atoms with van der Waals surface area (Å²) >= 11 is 7.62. The third-order valence-electron chi connectivity index (χ3n) is 4.60. The van der Waals surface area contributed by atoms with Crippen LogP contribution in [0.2, 0.25) is 0 Å². The maximum atomic E-state index is 5.85. The molecule has 2 fully saturated rings. The highest BCUT2D eigenvalue weighted by Crippen LogP contribution is 2.41. The van der Waals surface area contributed by atoms with E-state index in [0.29, 0.717) is 11.9 Å². The molecule has 1 saturated heterocycles. The Labute approximate surface area is 118 Å². The molecule has 2 heterocycles. The number of rotatable bonds is 3. The molecule has 2 aliphatic rings. The second-order valence-electron chi connectivity index (χ2n) is 5.63. The first-order chi connectivity index (χ1) is 8.79. The van der Waals surface area contributed by atoms with E-state index in [0.717, 1.165) is 17.7 Å². The van der Waals surface area contributed by atoms with Gasteiger partial charge in [0.25, 0.3) is 0 Å². The number of thiazole rings is 1. The summed E-state index contributed by atoms with van der Waals surface area (Å²) in [5, 5.41) is 3.35. The first kappa shape index (κ1) is 12.9. The molecule has 0 radical (unpaired) electrons. The fourth-order valence-electron chi connectivity index (χ4n) is 3.69. The van der Waals surface area contributed by atoms with E-state index in [2.05, 4.69) is 22.2 Å². The predicted octanol–water partition coefficient (Wildman–Crippen LogP) is 4.21. The molecule has 0 bridgehead atoms. The number of alkyl halides is 1. The second kappa shape index (κ2) is 5.48. The minimum Gasteiger partial charge on any atom is -0.291 e. The minimum atomic E-state index is 0.470. The molecule has 3 rings (SSSR count). The molecule has 1 aromatic heterocycles. The molecule has 0 N–H and O–H groups in total. The van der Waals surface area contributed by atoms with Crippen molar-refractivity contribution in [3.63, 3.8) is 0 Å². The minimum absolute atomic E-state index is 0.470. The molecule has 1 aliphatic carbocycles. The van der Waals surface area contributed by atoms with Crippen LogP contribution in [0.1, 0.15) is 55.8 Å². The molecular formula is C14H21ClN2S. The van der Waals surface area contributed by atoms with Gasteiger partial charge in [-0.2, -0.15) is 0 Å². The summed E-state index contributed by atoms with van der Waals surface area (Å²) in [5.74, 6) is 1.49. The van der Waals surface area contributed by atoms with Crippen molar-refractivity contribution in [1.29, 1.82) is 0 Å². The van der Waals surface area contributed by atoms with Crippen LogP contribution in [0.25, 0.3) is 0 Å². The first-order valence-electron chi connectivity index (χ1n) is 7.05. The van der Waals surface area contributed by atoms with E-state index in [-0.39, 0.29) is 0 Å². The van der Waals surface area contributed by atoms with Gasteiger partial charge >= 0.3 is 0 Å². The summed E-state index contributed by atoms with van der Waals surface area (Å²) in [4.78, 5) is 7.37. The number of hydrogen-bond acceptors (Lipinski definition) is 3. The fourth-order valence-corrected chi connectivity index (χ4v) is 4.81. The van der Waals surface area contributed by atoms with E-state index in [9.17, 15) is 0 Å². The van der Waals surface area contributed by atoms with E-state index in [1.54, 1.807) is 11.3 Å². The standard InChI is InChI=1S/C14H21ClN2S/c1-10(14-16-12(8-15)9-18-14)17-7-3-5-11-4-2-6-13(11)17/h9-11,13H,2-8H2,1H3. The van der Waals surface area contributed by atoms with Gasteiger partial charge in [-0.3, -0.25) is 4.90 Å². The molecule has 1 saturated carbocycles. The zero-order valence-corrected chi connectivity index (χ0v) is 12.5. The lowest BCUT2D eigenvalue weighted by Gasteiger charge is -2.40. The number of fused-ring (bicyclic) bond motifs is 1. The molecule has 18 heavy (non-hydrogen) atoms. The Bertz CT molecular complexity index is 406. The Morgan fingerprint density at radius 3 is 3.06 bits per heavy atom. The highest BCUT2D eigenvalue weighted by Gasteiger charge is 2.37. The monoisotopic (exact) mass is 284 g/mol. The van der Waals surface area contributed by atoms with Gasteiger partial charge in [-0.25, -0.2) is 4.98 Å². The Morgan fingerprint density at radius 2 is 2.28 bits per heavy atom. The van der Waals surface area contributed by atoms with Gasteiger partial charge in [0.05, 0.1) is 17.6 Å². The summed E-state index contributed by atoms with van der Waals surface area (Å²) < 4.78 is 0. The van der Waals surface area contributed by atoms with Crippen LogP contribution in [0.4, 0.5) is 0 Å². The maximum Gasteiger partial charge on any atom is 0.110 e. The Hall–Kier alpha value is -0.120. The summed E-state index contributed by atoms with van der Waals surface area (Å²) in [6.07, 6.45) is 7.06. The number of hydrogen-bond donors (Lipinski definition) is 0. The van der Waals surface area contributed by atoms with Gasteiger partial charge in [0.1, 0.15) is 5.01 Å². The van der Waals surface area contributed by atoms with Crippen LogP contribution in [-0.2, 0) is 5.88 Å². The first-order valence-corrected chi connectivity index (χ1v) is 8.47. The SMILES string of the molecule is CC(c1nc(CCl)cs1)N1CCCC2CCCC21. The zero-order valence-electron chi connectivity index (χ0n) is 10.9. The lowest BCUT2D eigenvalue weighted by molar-refractivity contribution is 0.0743. The zero-order chi connectivity index (χ0) is 12.5. The summed E-state index contributed by atoms with van der Waals surface area (Å²) in [6, 6.07) is 1.29. The van der Waals surface area contributed by atoms with Crippen LogP contribution in [0, 0.1) is 5.92 Å². The number of halogens is 1. The molecule has 2 nitrogen and oxygen atoms in total. The molecule has 4 heteroatoms. The van der Waals surface area contributed by atoms with Gasteiger partial charge in [0.15, 0.2) is 0 Å². The van der Waals surface area contributed by atoms with Crippen molar-refractivity contribution < 1.29 is 0 Å². The largest absolute Gasteiger partial charge is 0.291 e. The molecule has 1 aromatic rings. The van der Waals surface area contributed by atoms with Gasteiger partial charge in [0, 0.05) is 11.4 Å². The number of likely N-dealkylation sites (tertiary alicyclic amines) is 1. The van der Waals surface area contributed by atoms with Gasteiger partial charge < -0.3 is 0 Å². The summed E-state index contributed by atoms with van der Waals surface area (Å²) in [5.41, 5.74) is 1.03. The predicted molar refractivity (Wildman–Crippen MR) is 77.2 cm³/mol. The third kappa shape index (κ3) is 2.33. The van der Waals surface area contributed by atoms with Gasteiger partial charge in [-0.05, 0) is 45.1 Å². The Kier molecular flexibility index (Phi) is 3.92. The van der Waals surface area contributed by atoms with Crippen molar-refractivity contribution in [1.82, 2.24) is 9.88 Å². The van der Waals surface area contributed by atoms with Crippen molar-refractivity contribution in [2.75, 3.05) is 6.54 Å². The quantitative estimate of drug-likeness (QED) is 0.773. The molecule has 1 aliphatic heterocycles. The third-order valence-corrected chi connectivity index (χ3v) is 5.94. The normalized spacial score (nSPS) is 30.3. The van der Waals surface area contributed by atoms with Crippen molar-refractivity contribution in [2.24, 2.45) is 5.92 Å². The molecule has 3 unspecified atom stereocenters. The van der Waals surface area contributed by atoms with Crippen LogP contribution in [0.5, 0.6) is 0 Å². The van der Waals surface area contributed by atoms with Crippen LogP contribution < -0.4 is 0 Å². The molecule has 0 amide bonds. The molecular weight excluding hydrogens is 264 g/mol. The van der Waals surface area contributed by atoms with Crippen molar-refractivity contribution in [2.45, 2.75) is 57.0 Å². The number of aromatic nitrogens is 1. The van der Waals surface area contributed by atoms with E-state index < -0.39 is 0 Å². The van der Waals surface area contributed by atoms with Gasteiger partial charge in [-0.1, -0.05) is 6.42 Å². The summed E-state index contributed by atoms with van der Waals surface area (Å²) in [7, 11) is 0. The highest BCUT2D eigenvalue weighted by atomic mass is 35.5. The molecule has 0 spiro atoms. The van der Waals surface area contributed by atoms with Crippen LogP contribution >= 0.6 is 22.9 Å². The van der Waals surface area contributed by atoms with Crippen molar-refractivity contribution in [3.8, 4) is 0 Å². The number of nitrogens with zero attached hydrogens (tertiary/aromatic N) is 2. The highest BCUT2D eigenvalue weighted by molar-refractivity contribution is 7.09. The van der Waals surface area contributed by atoms with E-state index in [4.69, 9.17) is 11.6 Å². The lowest BCUT2D eigenvalue weighted by Crippen LogP contribution is -2.43. The van der Waals surface area contributed by atoms with Gasteiger partial charge in [-0.15, -0.1) is 22.9 Å².